The summed E-state index contributed by atoms with van der Waals surface area (Å²) in [7, 11) is 0. The fourth-order valence-corrected chi connectivity index (χ4v) is 2.66. The molecule has 2 unspecified atom stereocenters. The second kappa shape index (κ2) is 9.60. The van der Waals surface area contributed by atoms with Gasteiger partial charge in [-0.15, -0.1) is 24.8 Å². The Hall–Kier alpha value is -0.280. The second-order valence-corrected chi connectivity index (χ2v) is 5.19. The van der Waals surface area contributed by atoms with E-state index in [0.29, 0.717) is 0 Å². The number of rotatable bonds is 4. The fourth-order valence-electron chi connectivity index (χ4n) is 2.66. The zero-order valence-electron chi connectivity index (χ0n) is 11.6. The van der Waals surface area contributed by atoms with Crippen LogP contribution in [0, 0.1) is 0 Å². The highest BCUT2D eigenvalue weighted by Gasteiger charge is 2.18. The van der Waals surface area contributed by atoms with Crippen molar-refractivity contribution in [3.63, 3.8) is 0 Å². The van der Waals surface area contributed by atoms with E-state index in [-0.39, 0.29) is 30.9 Å². The zero-order chi connectivity index (χ0) is 12.1. The number of likely N-dealkylation sites (tertiary alicyclic amines) is 1. The van der Waals surface area contributed by atoms with E-state index in [1.54, 1.807) is 0 Å². The molecule has 4 heteroatoms. The molecule has 0 bridgehead atoms. The first-order chi connectivity index (χ1) is 8.27. The molecule has 2 rings (SSSR count). The van der Waals surface area contributed by atoms with E-state index in [9.17, 15) is 0 Å². The summed E-state index contributed by atoms with van der Waals surface area (Å²) in [5.74, 6) is 0. The van der Waals surface area contributed by atoms with Crippen LogP contribution in [0.3, 0.4) is 0 Å². The van der Waals surface area contributed by atoms with E-state index in [2.05, 4.69) is 36.1 Å². The maximum absolute atomic E-state index is 6.23. The molecule has 0 radical (unpaired) electrons. The van der Waals surface area contributed by atoms with Crippen LogP contribution in [0.2, 0.25) is 0 Å². The second-order valence-electron chi connectivity index (χ2n) is 5.19. The standard InChI is InChI=1S/C15H24N2.2ClH/c1-13-7-5-6-11-17(13)12-10-15(16)14-8-3-2-4-9-14;;/h2-4,8-9,13,15H,5-7,10-12,16H2,1H3;2*1H. The molecule has 0 saturated carbocycles. The average molecular weight is 305 g/mol. The molecule has 1 aromatic carbocycles. The molecule has 0 amide bonds. The maximum Gasteiger partial charge on any atom is 0.0307 e. The monoisotopic (exact) mass is 304 g/mol. The largest absolute Gasteiger partial charge is 0.324 e. The number of benzene rings is 1. The number of hydrogen-bond acceptors (Lipinski definition) is 2. The Labute approximate surface area is 129 Å². The molecule has 110 valence electrons. The Morgan fingerprint density at radius 1 is 1.21 bits per heavy atom. The van der Waals surface area contributed by atoms with Crippen molar-refractivity contribution < 1.29 is 0 Å². The summed E-state index contributed by atoms with van der Waals surface area (Å²) < 4.78 is 0. The molecule has 0 aliphatic carbocycles. The Kier molecular flexibility index (Phi) is 9.46. The van der Waals surface area contributed by atoms with Crippen molar-refractivity contribution in [2.75, 3.05) is 13.1 Å². The molecule has 1 heterocycles. The molecule has 19 heavy (non-hydrogen) atoms. The lowest BCUT2D eigenvalue weighted by Gasteiger charge is -2.34. The van der Waals surface area contributed by atoms with Crippen LogP contribution in [-0.4, -0.2) is 24.0 Å². The molecule has 1 aromatic rings. The molecule has 0 aromatic heterocycles. The molecule has 0 spiro atoms. The molecule has 1 aliphatic rings. The summed E-state index contributed by atoms with van der Waals surface area (Å²) in [4.78, 5) is 2.59. The third kappa shape index (κ3) is 5.70. The number of nitrogens with zero attached hydrogens (tertiary/aromatic N) is 1. The van der Waals surface area contributed by atoms with E-state index in [4.69, 9.17) is 5.73 Å². The molecular formula is C15H26Cl2N2. The van der Waals surface area contributed by atoms with Gasteiger partial charge in [-0.25, -0.2) is 0 Å². The third-order valence-corrected chi connectivity index (χ3v) is 3.90. The summed E-state index contributed by atoms with van der Waals surface area (Å²) in [6, 6.07) is 11.4. The molecule has 1 saturated heterocycles. The Morgan fingerprint density at radius 3 is 2.53 bits per heavy atom. The topological polar surface area (TPSA) is 29.3 Å². The highest BCUT2D eigenvalue weighted by atomic mass is 35.5. The summed E-state index contributed by atoms with van der Waals surface area (Å²) in [6.45, 7) is 4.73. The van der Waals surface area contributed by atoms with Crippen molar-refractivity contribution in [2.24, 2.45) is 5.73 Å². The summed E-state index contributed by atoms with van der Waals surface area (Å²) in [6.07, 6.45) is 5.16. The van der Waals surface area contributed by atoms with Gasteiger partial charge in [0.2, 0.25) is 0 Å². The molecule has 2 atom stereocenters. The first-order valence-corrected chi connectivity index (χ1v) is 6.82. The van der Waals surface area contributed by atoms with Gasteiger partial charge >= 0.3 is 0 Å². The minimum atomic E-state index is 0. The third-order valence-electron chi connectivity index (χ3n) is 3.90. The highest BCUT2D eigenvalue weighted by molar-refractivity contribution is 5.85. The van der Waals surface area contributed by atoms with Gasteiger partial charge in [-0.3, -0.25) is 0 Å². The van der Waals surface area contributed by atoms with Crippen molar-refractivity contribution in [1.82, 2.24) is 4.90 Å². The minimum Gasteiger partial charge on any atom is -0.324 e. The maximum atomic E-state index is 6.23. The highest BCUT2D eigenvalue weighted by Crippen LogP contribution is 2.19. The Morgan fingerprint density at radius 2 is 1.89 bits per heavy atom. The van der Waals surface area contributed by atoms with Crippen LogP contribution in [-0.2, 0) is 0 Å². The number of halogens is 2. The SMILES string of the molecule is CC1CCCCN1CCC(N)c1ccccc1.Cl.Cl. The van der Waals surface area contributed by atoms with Gasteiger partial charge in [0.25, 0.3) is 0 Å². The quantitative estimate of drug-likeness (QED) is 0.917. The molecule has 2 nitrogen and oxygen atoms in total. The summed E-state index contributed by atoms with van der Waals surface area (Å²) in [5.41, 5.74) is 7.49. The average Bonchev–Trinajstić information content (AvgIpc) is 2.38. The fraction of sp³-hybridized carbons (Fsp3) is 0.600. The molecule has 1 aliphatic heterocycles. The normalized spacial score (nSPS) is 21.1. The Bertz CT molecular complexity index is 332. The van der Waals surface area contributed by atoms with E-state index in [1.807, 2.05) is 6.07 Å². The van der Waals surface area contributed by atoms with E-state index in [1.165, 1.54) is 31.4 Å². The van der Waals surface area contributed by atoms with Gasteiger partial charge in [-0.05, 0) is 38.3 Å². The predicted molar refractivity (Wildman–Crippen MR) is 87.4 cm³/mol. The zero-order valence-corrected chi connectivity index (χ0v) is 13.3. The Balaban J connectivity index is 0.00000162. The van der Waals surface area contributed by atoms with Crippen LogP contribution in [0.5, 0.6) is 0 Å². The van der Waals surface area contributed by atoms with Gasteiger partial charge in [0.1, 0.15) is 0 Å². The van der Waals surface area contributed by atoms with Crippen molar-refractivity contribution in [1.29, 1.82) is 0 Å². The van der Waals surface area contributed by atoms with Crippen LogP contribution in [0.15, 0.2) is 30.3 Å². The predicted octanol–water partition coefficient (Wildman–Crippen LogP) is 3.79. The first kappa shape index (κ1) is 18.7. The van der Waals surface area contributed by atoms with Crippen molar-refractivity contribution in [3.05, 3.63) is 35.9 Å². The lowest BCUT2D eigenvalue weighted by atomic mass is 10.0. The summed E-state index contributed by atoms with van der Waals surface area (Å²) in [5, 5.41) is 0. The van der Waals surface area contributed by atoms with E-state index < -0.39 is 0 Å². The van der Waals surface area contributed by atoms with Crippen LogP contribution in [0.1, 0.15) is 44.2 Å². The number of nitrogens with two attached hydrogens (primary N) is 1. The minimum absolute atomic E-state index is 0. The van der Waals surface area contributed by atoms with Gasteiger partial charge < -0.3 is 10.6 Å². The lowest BCUT2D eigenvalue weighted by Crippen LogP contribution is -2.38. The smallest absolute Gasteiger partial charge is 0.0307 e. The van der Waals surface area contributed by atoms with Gasteiger partial charge in [-0.1, -0.05) is 36.8 Å². The molecule has 1 fully saturated rings. The van der Waals surface area contributed by atoms with E-state index in [0.717, 1.165) is 19.0 Å². The van der Waals surface area contributed by atoms with Crippen LogP contribution >= 0.6 is 24.8 Å². The molecular weight excluding hydrogens is 279 g/mol. The number of hydrogen-bond donors (Lipinski definition) is 1. The lowest BCUT2D eigenvalue weighted by molar-refractivity contribution is 0.155. The van der Waals surface area contributed by atoms with Crippen molar-refractivity contribution >= 4 is 24.8 Å². The number of piperidine rings is 1. The van der Waals surface area contributed by atoms with Crippen molar-refractivity contribution in [3.8, 4) is 0 Å². The van der Waals surface area contributed by atoms with E-state index >= 15 is 0 Å². The van der Waals surface area contributed by atoms with Gasteiger partial charge in [0, 0.05) is 18.6 Å². The van der Waals surface area contributed by atoms with Crippen LogP contribution in [0.4, 0.5) is 0 Å². The van der Waals surface area contributed by atoms with Gasteiger partial charge in [0.15, 0.2) is 0 Å². The van der Waals surface area contributed by atoms with Crippen LogP contribution in [0.25, 0.3) is 0 Å². The van der Waals surface area contributed by atoms with Crippen LogP contribution < -0.4 is 5.73 Å². The van der Waals surface area contributed by atoms with Crippen molar-refractivity contribution in [2.45, 2.75) is 44.7 Å². The first-order valence-electron chi connectivity index (χ1n) is 6.82. The summed E-state index contributed by atoms with van der Waals surface area (Å²) >= 11 is 0. The van der Waals surface area contributed by atoms with Gasteiger partial charge in [0.05, 0.1) is 0 Å². The van der Waals surface area contributed by atoms with Gasteiger partial charge in [-0.2, -0.15) is 0 Å². The molecule has 2 N–H and O–H groups in total.